The molecule has 1 unspecified atom stereocenters. The summed E-state index contributed by atoms with van der Waals surface area (Å²) in [5.41, 5.74) is 0.638. The number of piperidine rings is 1. The first kappa shape index (κ1) is 17.0. The number of carboxylic acid groups (broad SMARTS) is 1. The Morgan fingerprint density at radius 2 is 1.83 bits per heavy atom. The molecule has 2 fully saturated rings. The fraction of sp³-hybridized carbons (Fsp3) is 0.471. The lowest BCUT2D eigenvalue weighted by Crippen LogP contribution is -2.47. The molecule has 2 aliphatic heterocycles. The molecule has 0 aromatic heterocycles. The second kappa shape index (κ2) is 6.93. The van der Waals surface area contributed by atoms with Gasteiger partial charge in [0.15, 0.2) is 0 Å². The minimum absolute atomic E-state index is 0.0166. The minimum Gasteiger partial charge on any atom is -0.481 e. The van der Waals surface area contributed by atoms with Crippen LogP contribution < -0.4 is 0 Å². The number of likely N-dealkylation sites (tertiary alicyclic amines) is 2. The Hall–Kier alpha value is -1.89. The fourth-order valence-corrected chi connectivity index (χ4v) is 3.89. The zero-order valence-corrected chi connectivity index (χ0v) is 14.7. The van der Waals surface area contributed by atoms with Crippen molar-refractivity contribution in [3.8, 4) is 0 Å². The standard InChI is InChI=1S/C17H19BrN2O4/c18-14-4-2-1-3-13(14)16(22)19-7-5-12(6-8-19)20-10-11(17(23)24)9-15(20)21/h1-4,11-12H,5-10H2,(H,23,24). The van der Waals surface area contributed by atoms with Gasteiger partial charge in [-0.3, -0.25) is 14.4 Å². The van der Waals surface area contributed by atoms with Crippen molar-refractivity contribution in [1.29, 1.82) is 0 Å². The first-order valence-corrected chi connectivity index (χ1v) is 8.82. The number of halogens is 1. The molecule has 0 radical (unpaired) electrons. The number of carboxylic acids is 1. The monoisotopic (exact) mass is 394 g/mol. The molecule has 2 heterocycles. The summed E-state index contributed by atoms with van der Waals surface area (Å²) in [6.07, 6.45) is 1.47. The first-order valence-electron chi connectivity index (χ1n) is 8.03. The van der Waals surface area contributed by atoms with Crippen LogP contribution in [0.4, 0.5) is 0 Å². The molecule has 1 N–H and O–H groups in total. The summed E-state index contributed by atoms with van der Waals surface area (Å²) in [5, 5.41) is 9.08. The lowest BCUT2D eigenvalue weighted by Gasteiger charge is -2.37. The topological polar surface area (TPSA) is 77.9 Å². The van der Waals surface area contributed by atoms with E-state index in [0.29, 0.717) is 31.5 Å². The highest BCUT2D eigenvalue weighted by Gasteiger charge is 2.39. The molecular formula is C17H19BrN2O4. The number of aliphatic carboxylic acids is 1. The van der Waals surface area contributed by atoms with E-state index in [2.05, 4.69) is 15.9 Å². The van der Waals surface area contributed by atoms with Crippen LogP contribution in [-0.4, -0.2) is 58.4 Å². The van der Waals surface area contributed by atoms with Gasteiger partial charge in [-0.25, -0.2) is 0 Å². The number of carbonyl (C=O) groups is 3. The van der Waals surface area contributed by atoms with E-state index >= 15 is 0 Å². The van der Waals surface area contributed by atoms with E-state index in [-0.39, 0.29) is 30.8 Å². The molecule has 2 amide bonds. The van der Waals surface area contributed by atoms with E-state index in [0.717, 1.165) is 4.47 Å². The molecule has 7 heteroatoms. The van der Waals surface area contributed by atoms with E-state index in [1.54, 1.807) is 15.9 Å². The van der Waals surface area contributed by atoms with Gasteiger partial charge in [0.05, 0.1) is 11.5 Å². The van der Waals surface area contributed by atoms with Crippen molar-refractivity contribution in [1.82, 2.24) is 9.80 Å². The van der Waals surface area contributed by atoms with E-state index in [4.69, 9.17) is 5.11 Å². The van der Waals surface area contributed by atoms with Gasteiger partial charge in [0.2, 0.25) is 5.91 Å². The van der Waals surface area contributed by atoms with Gasteiger partial charge in [0.25, 0.3) is 5.91 Å². The Bertz CT molecular complexity index is 670. The van der Waals surface area contributed by atoms with Gasteiger partial charge < -0.3 is 14.9 Å². The third kappa shape index (κ3) is 3.31. The van der Waals surface area contributed by atoms with E-state index in [9.17, 15) is 14.4 Å². The highest BCUT2D eigenvalue weighted by Crippen LogP contribution is 2.27. The van der Waals surface area contributed by atoms with Crippen LogP contribution in [0.5, 0.6) is 0 Å². The van der Waals surface area contributed by atoms with Gasteiger partial charge in [-0.15, -0.1) is 0 Å². The fourth-order valence-electron chi connectivity index (χ4n) is 3.44. The molecule has 128 valence electrons. The highest BCUT2D eigenvalue weighted by atomic mass is 79.9. The van der Waals surface area contributed by atoms with E-state index < -0.39 is 11.9 Å². The number of benzene rings is 1. The predicted molar refractivity (Wildman–Crippen MR) is 90.5 cm³/mol. The maximum atomic E-state index is 12.6. The average molecular weight is 395 g/mol. The number of hydrogen-bond acceptors (Lipinski definition) is 3. The number of amides is 2. The second-order valence-electron chi connectivity index (χ2n) is 6.29. The lowest BCUT2D eigenvalue weighted by atomic mass is 10.0. The van der Waals surface area contributed by atoms with Gasteiger partial charge >= 0.3 is 5.97 Å². The van der Waals surface area contributed by atoms with Crippen LogP contribution in [0.1, 0.15) is 29.6 Å². The lowest BCUT2D eigenvalue weighted by molar-refractivity contribution is -0.141. The summed E-state index contributed by atoms with van der Waals surface area (Å²) in [5.74, 6) is -1.61. The third-order valence-electron chi connectivity index (χ3n) is 4.80. The van der Waals surface area contributed by atoms with Crippen molar-refractivity contribution in [2.24, 2.45) is 5.92 Å². The predicted octanol–water partition coefficient (Wildman–Crippen LogP) is 1.99. The smallest absolute Gasteiger partial charge is 0.308 e. The van der Waals surface area contributed by atoms with Crippen molar-refractivity contribution in [2.45, 2.75) is 25.3 Å². The molecule has 1 aromatic carbocycles. The molecule has 1 atom stereocenters. The summed E-state index contributed by atoms with van der Waals surface area (Å²) in [6.45, 7) is 1.44. The molecular weight excluding hydrogens is 376 g/mol. The van der Waals surface area contributed by atoms with Crippen LogP contribution in [0.2, 0.25) is 0 Å². The van der Waals surface area contributed by atoms with E-state index in [1.165, 1.54) is 0 Å². The first-order chi connectivity index (χ1) is 11.5. The van der Waals surface area contributed by atoms with Gasteiger partial charge in [0, 0.05) is 36.6 Å². The normalized spacial score (nSPS) is 22.0. The van der Waals surface area contributed by atoms with Crippen molar-refractivity contribution in [2.75, 3.05) is 19.6 Å². The second-order valence-corrected chi connectivity index (χ2v) is 7.14. The zero-order chi connectivity index (χ0) is 17.3. The molecule has 3 rings (SSSR count). The molecule has 0 bridgehead atoms. The average Bonchev–Trinajstić information content (AvgIpc) is 2.97. The Balaban J connectivity index is 1.60. The molecule has 2 saturated heterocycles. The summed E-state index contributed by atoms with van der Waals surface area (Å²) >= 11 is 3.40. The van der Waals surface area contributed by atoms with Gasteiger partial charge in [-0.1, -0.05) is 12.1 Å². The van der Waals surface area contributed by atoms with E-state index in [1.807, 2.05) is 18.2 Å². The number of rotatable bonds is 3. The van der Waals surface area contributed by atoms with Crippen LogP contribution in [-0.2, 0) is 9.59 Å². The Morgan fingerprint density at radius 1 is 1.17 bits per heavy atom. The summed E-state index contributed by atoms with van der Waals surface area (Å²) < 4.78 is 0.774. The maximum Gasteiger partial charge on any atom is 0.308 e. The largest absolute Gasteiger partial charge is 0.481 e. The van der Waals surface area contributed by atoms with Crippen molar-refractivity contribution in [3.05, 3.63) is 34.3 Å². The van der Waals surface area contributed by atoms with Crippen LogP contribution in [0.15, 0.2) is 28.7 Å². The molecule has 1 aromatic rings. The molecule has 2 aliphatic rings. The Morgan fingerprint density at radius 3 is 2.42 bits per heavy atom. The SMILES string of the molecule is O=C(O)C1CC(=O)N(C2CCN(C(=O)c3ccccc3Br)CC2)C1. The van der Waals surface area contributed by atoms with Crippen molar-refractivity contribution < 1.29 is 19.5 Å². The molecule has 0 spiro atoms. The third-order valence-corrected chi connectivity index (χ3v) is 5.50. The maximum absolute atomic E-state index is 12.6. The molecule has 6 nitrogen and oxygen atoms in total. The zero-order valence-electron chi connectivity index (χ0n) is 13.2. The summed E-state index contributed by atoms with van der Waals surface area (Å²) in [4.78, 5) is 39.2. The summed E-state index contributed by atoms with van der Waals surface area (Å²) in [6, 6.07) is 7.37. The molecule has 24 heavy (non-hydrogen) atoms. The van der Waals surface area contributed by atoms with Crippen LogP contribution in [0, 0.1) is 5.92 Å². The Labute approximate surface area is 148 Å². The number of nitrogens with zero attached hydrogens (tertiary/aromatic N) is 2. The van der Waals surface area contributed by atoms with Gasteiger partial charge in [-0.05, 0) is 40.9 Å². The minimum atomic E-state index is -0.910. The molecule has 0 saturated carbocycles. The van der Waals surface area contributed by atoms with Gasteiger partial charge in [-0.2, -0.15) is 0 Å². The Kier molecular flexibility index (Phi) is 4.89. The number of hydrogen-bond donors (Lipinski definition) is 1. The van der Waals surface area contributed by atoms with Gasteiger partial charge in [0.1, 0.15) is 0 Å². The van der Waals surface area contributed by atoms with Crippen LogP contribution in [0.25, 0.3) is 0 Å². The number of carbonyl (C=O) groups excluding carboxylic acids is 2. The van der Waals surface area contributed by atoms with Crippen molar-refractivity contribution >= 4 is 33.7 Å². The highest BCUT2D eigenvalue weighted by molar-refractivity contribution is 9.10. The molecule has 0 aliphatic carbocycles. The summed E-state index contributed by atoms with van der Waals surface area (Å²) in [7, 11) is 0. The quantitative estimate of drug-likeness (QED) is 0.849. The van der Waals surface area contributed by atoms with Crippen LogP contribution in [0.3, 0.4) is 0 Å². The van der Waals surface area contributed by atoms with Crippen LogP contribution >= 0.6 is 15.9 Å². The van der Waals surface area contributed by atoms with Crippen molar-refractivity contribution in [3.63, 3.8) is 0 Å².